The van der Waals surface area contributed by atoms with Gasteiger partial charge in [-0.3, -0.25) is 4.79 Å². The van der Waals surface area contributed by atoms with Crippen LogP contribution in [0.3, 0.4) is 0 Å². The lowest BCUT2D eigenvalue weighted by atomic mass is 10.1. The van der Waals surface area contributed by atoms with Crippen molar-refractivity contribution in [3.05, 3.63) is 29.8 Å². The molecular formula is C16H21ClF2N2O3S. The van der Waals surface area contributed by atoms with Gasteiger partial charge >= 0.3 is 5.76 Å². The molecule has 2 fully saturated rings. The van der Waals surface area contributed by atoms with Crippen molar-refractivity contribution in [2.24, 2.45) is 0 Å². The van der Waals surface area contributed by atoms with Crippen LogP contribution in [0.2, 0.25) is 0 Å². The molecule has 2 bridgehead atoms. The Hall–Kier alpha value is -1.25. The third kappa shape index (κ3) is 4.48. The lowest BCUT2D eigenvalue weighted by Gasteiger charge is -2.24. The molecule has 140 valence electrons. The molecule has 1 N–H and O–H groups in total. The van der Waals surface area contributed by atoms with E-state index in [1.165, 1.54) is 12.1 Å². The van der Waals surface area contributed by atoms with E-state index in [0.717, 1.165) is 31.4 Å². The molecule has 0 radical (unpaired) electrons. The molecule has 0 aliphatic carbocycles. The van der Waals surface area contributed by atoms with Gasteiger partial charge in [0, 0.05) is 25.2 Å². The Bertz CT molecular complexity index is 713. The van der Waals surface area contributed by atoms with Gasteiger partial charge in [0.25, 0.3) is 0 Å². The van der Waals surface area contributed by atoms with E-state index in [0.29, 0.717) is 30.7 Å². The Morgan fingerprint density at radius 3 is 2.44 bits per heavy atom. The first-order valence-corrected chi connectivity index (χ1v) is 9.55. The van der Waals surface area contributed by atoms with E-state index in [2.05, 4.69) is 5.32 Å². The molecule has 0 spiro atoms. The molecule has 2 heterocycles. The van der Waals surface area contributed by atoms with Crippen molar-refractivity contribution < 1.29 is 22.0 Å². The van der Waals surface area contributed by atoms with Gasteiger partial charge in [0.05, 0.1) is 11.3 Å². The van der Waals surface area contributed by atoms with E-state index in [-0.39, 0.29) is 24.7 Å². The summed E-state index contributed by atoms with van der Waals surface area (Å²) in [5, 5.41) is 3.50. The molecule has 2 atom stereocenters. The van der Waals surface area contributed by atoms with Crippen molar-refractivity contribution >= 4 is 28.2 Å². The highest BCUT2D eigenvalue weighted by atomic mass is 35.5. The van der Waals surface area contributed by atoms with Gasteiger partial charge in [-0.2, -0.15) is 8.78 Å². The van der Waals surface area contributed by atoms with E-state index in [1.807, 2.05) is 4.90 Å². The summed E-state index contributed by atoms with van der Waals surface area (Å²) >= 11 is 0. The van der Waals surface area contributed by atoms with Crippen LogP contribution in [0, 0.1) is 0 Å². The Balaban J connectivity index is 0.00000225. The topological polar surface area (TPSA) is 66.5 Å². The molecule has 1 amide bonds. The van der Waals surface area contributed by atoms with E-state index < -0.39 is 20.5 Å². The number of carbonyl (C=O) groups excluding carboxylic acids is 1. The highest BCUT2D eigenvalue weighted by Gasteiger charge is 2.31. The fraction of sp³-hybridized carbons (Fsp3) is 0.562. The monoisotopic (exact) mass is 394 g/mol. The minimum absolute atomic E-state index is 0. The van der Waals surface area contributed by atoms with E-state index in [9.17, 15) is 22.0 Å². The summed E-state index contributed by atoms with van der Waals surface area (Å²) in [5.74, 6) is -3.46. The minimum Gasteiger partial charge on any atom is -0.341 e. The maximum Gasteiger partial charge on any atom is 0.341 e. The summed E-state index contributed by atoms with van der Waals surface area (Å²) in [4.78, 5) is 13.9. The van der Waals surface area contributed by atoms with Crippen LogP contribution < -0.4 is 5.32 Å². The van der Waals surface area contributed by atoms with Crippen LogP contribution in [0.5, 0.6) is 0 Å². The van der Waals surface area contributed by atoms with Crippen LogP contribution >= 0.6 is 12.4 Å². The van der Waals surface area contributed by atoms with Crippen molar-refractivity contribution in [3.8, 4) is 0 Å². The maximum absolute atomic E-state index is 12.5. The zero-order valence-electron chi connectivity index (χ0n) is 13.5. The fourth-order valence-electron chi connectivity index (χ4n) is 3.36. The van der Waals surface area contributed by atoms with Gasteiger partial charge in [-0.25, -0.2) is 8.42 Å². The van der Waals surface area contributed by atoms with Crippen molar-refractivity contribution in [2.45, 2.75) is 48.4 Å². The SMILES string of the molecule is Cl.O=C(Cc1ccc(S(=O)(=O)C(F)F)cc1)N1CCC2CCC(C1)N2. The normalized spacial score (nSPS) is 23.2. The number of fused-ring (bicyclic) bond motifs is 2. The number of amides is 1. The Kier molecular flexibility index (Phi) is 6.40. The molecular weight excluding hydrogens is 374 g/mol. The summed E-state index contributed by atoms with van der Waals surface area (Å²) in [6, 6.07) is 5.96. The standard InChI is InChI=1S/C16H20F2N2O3S.ClH/c17-16(18)24(22,23)14-5-1-11(2-6-14)9-15(21)20-8-7-12-3-4-13(10-20)19-12;/h1-2,5-6,12-13,16,19H,3-4,7-10H2;1H. The molecule has 9 heteroatoms. The number of sulfone groups is 1. The molecule has 3 rings (SSSR count). The van der Waals surface area contributed by atoms with E-state index in [4.69, 9.17) is 0 Å². The summed E-state index contributed by atoms with van der Waals surface area (Å²) in [6.07, 6.45) is 3.32. The number of likely N-dealkylation sites (tertiary alicyclic amines) is 1. The number of nitrogens with one attached hydrogen (secondary N) is 1. The largest absolute Gasteiger partial charge is 0.341 e. The maximum atomic E-state index is 12.5. The van der Waals surface area contributed by atoms with Crippen LogP contribution in [-0.2, 0) is 21.1 Å². The van der Waals surface area contributed by atoms with Crippen LogP contribution in [0.25, 0.3) is 0 Å². The van der Waals surface area contributed by atoms with Gasteiger partial charge < -0.3 is 10.2 Å². The molecule has 25 heavy (non-hydrogen) atoms. The van der Waals surface area contributed by atoms with Gasteiger partial charge in [0.15, 0.2) is 0 Å². The molecule has 5 nitrogen and oxygen atoms in total. The average Bonchev–Trinajstić information content (AvgIpc) is 2.86. The average molecular weight is 395 g/mol. The number of benzene rings is 1. The van der Waals surface area contributed by atoms with Gasteiger partial charge in [-0.1, -0.05) is 12.1 Å². The smallest absolute Gasteiger partial charge is 0.341 e. The van der Waals surface area contributed by atoms with Gasteiger partial charge in [0.1, 0.15) is 0 Å². The van der Waals surface area contributed by atoms with Crippen molar-refractivity contribution in [1.82, 2.24) is 10.2 Å². The summed E-state index contributed by atoms with van der Waals surface area (Å²) in [7, 11) is -4.59. The molecule has 2 saturated heterocycles. The number of hydrogen-bond acceptors (Lipinski definition) is 4. The zero-order chi connectivity index (χ0) is 17.3. The molecule has 1 aromatic rings. The predicted molar refractivity (Wildman–Crippen MR) is 91.7 cm³/mol. The Labute approximate surface area is 152 Å². The Morgan fingerprint density at radius 2 is 1.80 bits per heavy atom. The summed E-state index contributed by atoms with van der Waals surface area (Å²) in [5.41, 5.74) is 0.621. The second-order valence-electron chi connectivity index (χ2n) is 6.39. The second-order valence-corrected chi connectivity index (χ2v) is 8.31. The Morgan fingerprint density at radius 1 is 1.16 bits per heavy atom. The first-order valence-electron chi connectivity index (χ1n) is 8.01. The molecule has 2 aliphatic rings. The minimum atomic E-state index is -4.59. The highest BCUT2D eigenvalue weighted by Crippen LogP contribution is 2.22. The number of hydrogen-bond donors (Lipinski definition) is 1. The summed E-state index contributed by atoms with van der Waals surface area (Å²) in [6.45, 7) is 1.40. The molecule has 2 unspecified atom stereocenters. The van der Waals surface area contributed by atoms with Crippen molar-refractivity contribution in [3.63, 3.8) is 0 Å². The second kappa shape index (κ2) is 7.97. The molecule has 0 saturated carbocycles. The van der Waals surface area contributed by atoms with Crippen molar-refractivity contribution in [1.29, 1.82) is 0 Å². The third-order valence-electron chi connectivity index (χ3n) is 4.72. The van der Waals surface area contributed by atoms with Crippen molar-refractivity contribution in [2.75, 3.05) is 13.1 Å². The number of nitrogens with zero attached hydrogens (tertiary/aromatic N) is 1. The first kappa shape index (κ1) is 20.1. The molecule has 2 aliphatic heterocycles. The third-order valence-corrected chi connectivity index (χ3v) is 6.12. The number of alkyl halides is 2. The zero-order valence-corrected chi connectivity index (χ0v) is 15.2. The molecule has 0 aromatic heterocycles. The van der Waals surface area contributed by atoms with E-state index in [1.54, 1.807) is 0 Å². The number of rotatable bonds is 4. The van der Waals surface area contributed by atoms with Gasteiger partial charge in [-0.05, 0) is 37.0 Å². The number of carbonyl (C=O) groups is 1. The first-order chi connectivity index (χ1) is 11.4. The van der Waals surface area contributed by atoms with Crippen LogP contribution in [-0.4, -0.2) is 50.2 Å². The molecule has 1 aromatic carbocycles. The highest BCUT2D eigenvalue weighted by molar-refractivity contribution is 7.91. The summed E-state index contributed by atoms with van der Waals surface area (Å²) < 4.78 is 47.8. The fourth-order valence-corrected chi connectivity index (χ4v) is 4.08. The van der Waals surface area contributed by atoms with Crippen LogP contribution in [0.4, 0.5) is 8.78 Å². The quantitative estimate of drug-likeness (QED) is 0.848. The predicted octanol–water partition coefficient (Wildman–Crippen LogP) is 2.00. The van der Waals surface area contributed by atoms with Gasteiger partial charge in [0.2, 0.25) is 15.7 Å². The lowest BCUT2D eigenvalue weighted by Crippen LogP contribution is -2.39. The lowest BCUT2D eigenvalue weighted by molar-refractivity contribution is -0.130. The van der Waals surface area contributed by atoms with Gasteiger partial charge in [-0.15, -0.1) is 12.4 Å². The number of halogens is 3. The van der Waals surface area contributed by atoms with Crippen LogP contribution in [0.15, 0.2) is 29.2 Å². The van der Waals surface area contributed by atoms with Crippen LogP contribution in [0.1, 0.15) is 24.8 Å². The van der Waals surface area contributed by atoms with E-state index >= 15 is 0 Å².